The van der Waals surface area contributed by atoms with Crippen molar-refractivity contribution in [2.45, 2.75) is 6.16 Å². The third-order valence-electron chi connectivity index (χ3n) is 5.47. The molecule has 0 aromatic heterocycles. The summed E-state index contributed by atoms with van der Waals surface area (Å²) in [6.45, 7) is 0. The summed E-state index contributed by atoms with van der Waals surface area (Å²) in [7, 11) is 0. The number of phenols is 1. The molecule has 0 saturated carbocycles. The summed E-state index contributed by atoms with van der Waals surface area (Å²) in [5, 5.41) is 11.9. The van der Waals surface area contributed by atoms with Gasteiger partial charge in [0.15, 0.2) is 0 Å². The van der Waals surface area contributed by atoms with Crippen LogP contribution in [0.2, 0.25) is 10.0 Å². The first-order chi connectivity index (χ1) is 14.4. The van der Waals surface area contributed by atoms with E-state index in [-0.39, 0.29) is 5.75 Å². The van der Waals surface area contributed by atoms with Gasteiger partial charge in [-0.3, -0.25) is 0 Å². The zero-order valence-electron chi connectivity index (χ0n) is 16.1. The van der Waals surface area contributed by atoms with Crippen LogP contribution in [0.5, 0.6) is 5.75 Å². The van der Waals surface area contributed by atoms with Crippen molar-refractivity contribution in [3.63, 3.8) is 0 Å². The van der Waals surface area contributed by atoms with E-state index in [0.29, 0.717) is 16.2 Å². The average Bonchev–Trinajstić information content (AvgIpc) is 2.79. The van der Waals surface area contributed by atoms with Gasteiger partial charge in [0.25, 0.3) is 0 Å². The van der Waals surface area contributed by atoms with Crippen molar-refractivity contribution in [1.82, 2.24) is 0 Å². The Morgan fingerprint density at radius 1 is 0.633 bits per heavy atom. The van der Waals surface area contributed by atoms with E-state index in [9.17, 15) is 5.11 Å². The molecule has 0 amide bonds. The molecule has 1 nitrogen and oxygen atoms in total. The van der Waals surface area contributed by atoms with Gasteiger partial charge in [-0.15, -0.1) is 0 Å². The van der Waals surface area contributed by atoms with Crippen LogP contribution >= 0.6 is 44.0 Å². The second-order valence-corrected chi connectivity index (χ2v) is 17.0. The van der Waals surface area contributed by atoms with Crippen LogP contribution in [0.4, 0.5) is 0 Å². The molecule has 0 heterocycles. The predicted molar refractivity (Wildman–Crippen MR) is 136 cm³/mol. The number of aromatic hydroxyl groups is 1. The molecule has 0 aliphatic heterocycles. The van der Waals surface area contributed by atoms with Crippen LogP contribution in [-0.4, -0.2) is 5.11 Å². The van der Waals surface area contributed by atoms with Gasteiger partial charge >= 0.3 is 196 Å². The Morgan fingerprint density at radius 3 is 1.40 bits per heavy atom. The Morgan fingerprint density at radius 2 is 1.00 bits per heavy atom. The van der Waals surface area contributed by atoms with Crippen molar-refractivity contribution in [2.75, 3.05) is 0 Å². The third-order valence-corrected chi connectivity index (χ3v) is 15.7. The standard InChI is InChI=1S/C25H20BrCl2OP/c26-30(20-10-4-1-5-11-20,21-12-6-2-7-13-21,22-14-8-3-9-15-22)18-19-16-23(27)24(28)17-25(19)29/h1-17,29H,18H2. The Labute approximate surface area is 195 Å². The van der Waals surface area contributed by atoms with Crippen LogP contribution in [0, 0.1) is 0 Å². The molecule has 5 heteroatoms. The van der Waals surface area contributed by atoms with Gasteiger partial charge < -0.3 is 0 Å². The van der Waals surface area contributed by atoms with Crippen molar-refractivity contribution < 1.29 is 5.11 Å². The number of halogens is 3. The maximum atomic E-state index is 10.8. The number of hydrogen-bond donors (Lipinski definition) is 1. The summed E-state index contributed by atoms with van der Waals surface area (Å²) in [5.74, 6) is 0.139. The second-order valence-electron chi connectivity index (χ2n) is 7.24. The zero-order chi connectivity index (χ0) is 21.2. The molecular weight excluding hydrogens is 498 g/mol. The van der Waals surface area contributed by atoms with E-state index < -0.39 is 5.31 Å². The molecule has 4 aromatic carbocycles. The number of phenolic OH excluding ortho intramolecular Hbond substituents is 1. The van der Waals surface area contributed by atoms with E-state index in [2.05, 4.69) is 88.3 Å². The first-order valence-corrected chi connectivity index (χ1v) is 14.7. The van der Waals surface area contributed by atoms with Crippen molar-refractivity contribution in [3.05, 3.63) is 119 Å². The molecule has 0 atom stereocenters. The summed E-state index contributed by atoms with van der Waals surface area (Å²) in [6.07, 6.45) is 0.548. The SMILES string of the molecule is Oc1cc(Cl)c(Cl)cc1CP(Br)(c1ccccc1)(c1ccccc1)c1ccccc1. The van der Waals surface area contributed by atoms with Gasteiger partial charge in [0.05, 0.1) is 0 Å². The summed E-state index contributed by atoms with van der Waals surface area (Å²) in [6, 6.07) is 34.6. The van der Waals surface area contributed by atoms with Crippen LogP contribution in [-0.2, 0) is 6.16 Å². The number of hydrogen-bond acceptors (Lipinski definition) is 1. The fourth-order valence-corrected chi connectivity index (χ4v) is 12.0. The molecule has 4 rings (SSSR count). The summed E-state index contributed by atoms with van der Waals surface area (Å²) in [4.78, 5) is 0. The molecule has 152 valence electrons. The molecule has 0 aliphatic rings. The molecule has 1 N–H and O–H groups in total. The summed E-state index contributed by atoms with van der Waals surface area (Å²) >= 11 is 16.9. The van der Waals surface area contributed by atoms with Crippen molar-refractivity contribution in [1.29, 1.82) is 0 Å². The molecule has 0 unspecified atom stereocenters. The second kappa shape index (κ2) is 8.36. The molecule has 0 saturated heterocycles. The first kappa shape index (κ1) is 21.4. The van der Waals surface area contributed by atoms with Gasteiger partial charge in [0.2, 0.25) is 0 Å². The first-order valence-electron chi connectivity index (χ1n) is 9.50. The maximum absolute atomic E-state index is 10.8. The summed E-state index contributed by atoms with van der Waals surface area (Å²) < 4.78 is 0. The van der Waals surface area contributed by atoms with Crippen LogP contribution in [0.3, 0.4) is 0 Å². The Balaban J connectivity index is 2.11. The Hall–Kier alpha value is -1.83. The van der Waals surface area contributed by atoms with Crippen LogP contribution < -0.4 is 15.9 Å². The van der Waals surface area contributed by atoms with Gasteiger partial charge in [-0.2, -0.15) is 0 Å². The van der Waals surface area contributed by atoms with Crippen LogP contribution in [0.25, 0.3) is 0 Å². The summed E-state index contributed by atoms with van der Waals surface area (Å²) in [5.41, 5.74) is 0.746. The quantitative estimate of drug-likeness (QED) is 0.281. The molecule has 0 spiro atoms. The van der Waals surface area contributed by atoms with Gasteiger partial charge in [-0.25, -0.2) is 0 Å². The topological polar surface area (TPSA) is 20.2 Å². The molecular formula is C25H20BrCl2OP. The van der Waals surface area contributed by atoms with Crippen molar-refractivity contribution >= 4 is 59.9 Å². The molecule has 30 heavy (non-hydrogen) atoms. The molecule has 0 aliphatic carbocycles. The van der Waals surface area contributed by atoms with Crippen LogP contribution in [0.1, 0.15) is 5.56 Å². The molecule has 0 bridgehead atoms. The van der Waals surface area contributed by atoms with E-state index >= 15 is 0 Å². The third kappa shape index (κ3) is 3.57. The number of rotatable bonds is 5. The molecule has 0 radical (unpaired) electrons. The fourth-order valence-electron chi connectivity index (χ4n) is 3.96. The van der Waals surface area contributed by atoms with Crippen molar-refractivity contribution in [3.8, 4) is 5.75 Å². The monoisotopic (exact) mass is 516 g/mol. The van der Waals surface area contributed by atoms with Crippen LogP contribution in [0.15, 0.2) is 103 Å². The minimum atomic E-state index is -3.20. The van der Waals surface area contributed by atoms with E-state index in [4.69, 9.17) is 23.2 Å². The van der Waals surface area contributed by atoms with Gasteiger partial charge in [0.1, 0.15) is 0 Å². The number of benzene rings is 4. The van der Waals surface area contributed by atoms with Crippen molar-refractivity contribution in [2.24, 2.45) is 0 Å². The Bertz CT molecular complexity index is 1070. The average molecular weight is 518 g/mol. The molecule has 4 aromatic rings. The Kier molecular flexibility index (Phi) is 5.97. The van der Waals surface area contributed by atoms with E-state index in [0.717, 1.165) is 5.56 Å². The minimum absolute atomic E-state index is 0.139. The zero-order valence-corrected chi connectivity index (χ0v) is 20.0. The molecule has 0 fully saturated rings. The fraction of sp³-hybridized carbons (Fsp3) is 0.0400. The van der Waals surface area contributed by atoms with E-state index in [1.165, 1.54) is 22.0 Å². The van der Waals surface area contributed by atoms with Gasteiger partial charge in [-0.1, -0.05) is 0 Å². The van der Waals surface area contributed by atoms with E-state index in [1.54, 1.807) is 6.07 Å². The van der Waals surface area contributed by atoms with Gasteiger partial charge in [0, 0.05) is 0 Å². The predicted octanol–water partition coefficient (Wildman–Crippen LogP) is 7.04. The normalized spacial score (nSPS) is 12.8. The van der Waals surface area contributed by atoms with E-state index in [1.807, 2.05) is 18.2 Å². The van der Waals surface area contributed by atoms with Gasteiger partial charge in [-0.05, 0) is 0 Å².